The minimum absolute atomic E-state index is 0.365. The first-order valence-corrected chi connectivity index (χ1v) is 7.15. The van der Waals surface area contributed by atoms with Gasteiger partial charge in [0.15, 0.2) is 5.82 Å². The molecular weight excluding hydrogens is 254 g/mol. The molecular formula is C14H27N5O. The van der Waals surface area contributed by atoms with Crippen LogP contribution < -0.4 is 16.6 Å². The topological polar surface area (TPSA) is 85.1 Å². The standard InChI is InChI=1S/C14H27N5O/c1-10(2)6-5-7-11(3)16-12-8-13(19-15)18-14(17-12)9-20-4/h8,10-11H,5-7,9,15H2,1-4H3,(H2,16,17,18,19). The number of hydrazine groups is 1. The molecule has 1 aromatic heterocycles. The van der Waals surface area contributed by atoms with E-state index in [1.165, 1.54) is 12.8 Å². The zero-order valence-electron chi connectivity index (χ0n) is 12.9. The molecule has 0 aliphatic heterocycles. The van der Waals surface area contributed by atoms with Crippen LogP contribution in [0.2, 0.25) is 0 Å². The lowest BCUT2D eigenvalue weighted by Crippen LogP contribution is -2.18. The van der Waals surface area contributed by atoms with E-state index in [2.05, 4.69) is 41.5 Å². The van der Waals surface area contributed by atoms with Crippen LogP contribution in [0.15, 0.2) is 6.07 Å². The van der Waals surface area contributed by atoms with Crippen LogP contribution in [-0.4, -0.2) is 23.1 Å². The fourth-order valence-electron chi connectivity index (χ4n) is 2.00. The molecule has 0 bridgehead atoms. The van der Waals surface area contributed by atoms with Crippen molar-refractivity contribution in [2.75, 3.05) is 17.9 Å². The van der Waals surface area contributed by atoms with Gasteiger partial charge in [-0.3, -0.25) is 0 Å². The van der Waals surface area contributed by atoms with Crippen LogP contribution in [0.4, 0.5) is 11.6 Å². The van der Waals surface area contributed by atoms with Crippen molar-refractivity contribution in [1.29, 1.82) is 0 Å². The second-order valence-electron chi connectivity index (χ2n) is 5.50. The van der Waals surface area contributed by atoms with Gasteiger partial charge in [0, 0.05) is 19.2 Å². The highest BCUT2D eigenvalue weighted by Crippen LogP contribution is 2.15. The Balaban J connectivity index is 2.58. The van der Waals surface area contributed by atoms with Gasteiger partial charge in [-0.15, -0.1) is 0 Å². The number of nitrogens with one attached hydrogen (secondary N) is 2. The summed E-state index contributed by atoms with van der Waals surface area (Å²) in [4.78, 5) is 8.63. The molecule has 1 heterocycles. The summed E-state index contributed by atoms with van der Waals surface area (Å²) in [7, 11) is 1.62. The number of nitrogens with zero attached hydrogens (tertiary/aromatic N) is 2. The second kappa shape index (κ2) is 8.71. The minimum Gasteiger partial charge on any atom is -0.377 e. The van der Waals surface area contributed by atoms with E-state index in [-0.39, 0.29) is 0 Å². The molecule has 0 saturated heterocycles. The Morgan fingerprint density at radius 1 is 1.20 bits per heavy atom. The van der Waals surface area contributed by atoms with Crippen LogP contribution in [0.3, 0.4) is 0 Å². The van der Waals surface area contributed by atoms with Crippen molar-refractivity contribution in [2.45, 2.75) is 52.7 Å². The van der Waals surface area contributed by atoms with Gasteiger partial charge in [0.1, 0.15) is 18.2 Å². The Morgan fingerprint density at radius 3 is 2.50 bits per heavy atom. The van der Waals surface area contributed by atoms with Crippen molar-refractivity contribution >= 4 is 11.6 Å². The summed E-state index contributed by atoms with van der Waals surface area (Å²) < 4.78 is 5.06. The molecule has 1 atom stereocenters. The Morgan fingerprint density at radius 2 is 1.90 bits per heavy atom. The van der Waals surface area contributed by atoms with E-state index in [0.717, 1.165) is 18.2 Å². The number of nitrogens with two attached hydrogens (primary N) is 1. The third-order valence-electron chi connectivity index (χ3n) is 3.01. The number of nitrogen functional groups attached to an aromatic ring is 1. The highest BCUT2D eigenvalue weighted by atomic mass is 16.5. The molecule has 6 heteroatoms. The van der Waals surface area contributed by atoms with Crippen LogP contribution in [-0.2, 0) is 11.3 Å². The highest BCUT2D eigenvalue weighted by molar-refractivity contribution is 5.47. The van der Waals surface area contributed by atoms with Gasteiger partial charge in [-0.2, -0.15) is 0 Å². The largest absolute Gasteiger partial charge is 0.377 e. The first kappa shape index (κ1) is 16.7. The van der Waals surface area contributed by atoms with Gasteiger partial charge in [0.2, 0.25) is 0 Å². The molecule has 0 aliphatic rings. The summed E-state index contributed by atoms with van der Waals surface area (Å²) >= 11 is 0. The fraction of sp³-hybridized carbons (Fsp3) is 0.714. The van der Waals surface area contributed by atoms with Crippen molar-refractivity contribution in [3.05, 3.63) is 11.9 Å². The number of hydrogen-bond donors (Lipinski definition) is 3. The summed E-state index contributed by atoms with van der Waals surface area (Å²) in [6.07, 6.45) is 3.58. The molecule has 0 aromatic carbocycles. The SMILES string of the molecule is COCc1nc(NN)cc(NC(C)CCCC(C)C)n1. The Hall–Kier alpha value is -1.40. The van der Waals surface area contributed by atoms with Gasteiger partial charge < -0.3 is 15.5 Å². The predicted molar refractivity (Wildman–Crippen MR) is 82.3 cm³/mol. The van der Waals surface area contributed by atoms with E-state index in [4.69, 9.17) is 10.6 Å². The Kier molecular flexibility index (Phi) is 7.25. The Labute approximate surface area is 121 Å². The maximum atomic E-state index is 5.42. The molecule has 6 nitrogen and oxygen atoms in total. The third-order valence-corrected chi connectivity index (χ3v) is 3.01. The summed E-state index contributed by atoms with van der Waals surface area (Å²) in [5.41, 5.74) is 2.55. The maximum absolute atomic E-state index is 5.42. The minimum atomic E-state index is 0.365. The van der Waals surface area contributed by atoms with Crippen molar-refractivity contribution in [2.24, 2.45) is 11.8 Å². The van der Waals surface area contributed by atoms with Crippen LogP contribution in [0.5, 0.6) is 0 Å². The van der Waals surface area contributed by atoms with Gasteiger partial charge >= 0.3 is 0 Å². The van der Waals surface area contributed by atoms with Gasteiger partial charge in [-0.25, -0.2) is 15.8 Å². The summed E-state index contributed by atoms with van der Waals surface area (Å²) in [6, 6.07) is 2.17. The average Bonchev–Trinajstić information content (AvgIpc) is 2.38. The van der Waals surface area contributed by atoms with Gasteiger partial charge in [0.05, 0.1) is 0 Å². The zero-order valence-corrected chi connectivity index (χ0v) is 12.9. The molecule has 0 aliphatic carbocycles. The molecule has 1 aromatic rings. The number of aromatic nitrogens is 2. The molecule has 4 N–H and O–H groups in total. The van der Waals surface area contributed by atoms with Gasteiger partial charge in [-0.05, 0) is 19.3 Å². The monoisotopic (exact) mass is 281 g/mol. The maximum Gasteiger partial charge on any atom is 0.158 e. The summed E-state index contributed by atoms with van der Waals surface area (Å²) in [5, 5.41) is 3.39. The molecule has 0 amide bonds. The lowest BCUT2D eigenvalue weighted by molar-refractivity contribution is 0.178. The van der Waals surface area contributed by atoms with Crippen LogP contribution in [0.1, 0.15) is 45.9 Å². The second-order valence-corrected chi connectivity index (χ2v) is 5.50. The number of ether oxygens (including phenoxy) is 1. The average molecular weight is 281 g/mol. The molecule has 20 heavy (non-hydrogen) atoms. The smallest absolute Gasteiger partial charge is 0.158 e. The van der Waals surface area contributed by atoms with Crippen molar-refractivity contribution in [3.8, 4) is 0 Å². The molecule has 114 valence electrons. The molecule has 0 spiro atoms. The van der Waals surface area contributed by atoms with E-state index in [1.54, 1.807) is 13.2 Å². The zero-order chi connectivity index (χ0) is 15.0. The molecule has 0 radical (unpaired) electrons. The Bertz CT molecular complexity index is 397. The van der Waals surface area contributed by atoms with Crippen LogP contribution >= 0.6 is 0 Å². The van der Waals surface area contributed by atoms with E-state index < -0.39 is 0 Å². The van der Waals surface area contributed by atoms with Gasteiger partial charge in [-0.1, -0.05) is 26.7 Å². The quantitative estimate of drug-likeness (QED) is 0.476. The van der Waals surface area contributed by atoms with E-state index >= 15 is 0 Å². The molecule has 1 unspecified atom stereocenters. The lowest BCUT2D eigenvalue weighted by Gasteiger charge is -2.16. The van der Waals surface area contributed by atoms with Crippen LogP contribution in [0.25, 0.3) is 0 Å². The summed E-state index contributed by atoms with van der Waals surface area (Å²) in [6.45, 7) is 7.03. The van der Waals surface area contributed by atoms with Crippen molar-refractivity contribution in [1.82, 2.24) is 9.97 Å². The first-order chi connectivity index (χ1) is 9.55. The lowest BCUT2D eigenvalue weighted by atomic mass is 10.0. The van der Waals surface area contributed by atoms with Crippen molar-refractivity contribution in [3.63, 3.8) is 0 Å². The molecule has 0 fully saturated rings. The normalized spacial score (nSPS) is 12.5. The highest BCUT2D eigenvalue weighted by Gasteiger charge is 2.07. The molecule has 0 saturated carbocycles. The van der Waals surface area contributed by atoms with E-state index in [0.29, 0.717) is 24.3 Å². The fourth-order valence-corrected chi connectivity index (χ4v) is 2.00. The van der Waals surface area contributed by atoms with Gasteiger partial charge in [0.25, 0.3) is 0 Å². The number of hydrogen-bond acceptors (Lipinski definition) is 6. The van der Waals surface area contributed by atoms with Crippen molar-refractivity contribution < 1.29 is 4.74 Å². The number of anilines is 2. The number of methoxy groups -OCH3 is 1. The molecule has 1 rings (SSSR count). The third kappa shape index (κ3) is 6.16. The van der Waals surface area contributed by atoms with Crippen LogP contribution in [0, 0.1) is 5.92 Å². The number of rotatable bonds is 9. The van der Waals surface area contributed by atoms with E-state index in [1.807, 2.05) is 0 Å². The van der Waals surface area contributed by atoms with E-state index in [9.17, 15) is 0 Å². The predicted octanol–water partition coefficient (Wildman–Crippen LogP) is 2.54. The summed E-state index contributed by atoms with van der Waals surface area (Å²) in [5.74, 6) is 8.14. The first-order valence-electron chi connectivity index (χ1n) is 7.15.